The summed E-state index contributed by atoms with van der Waals surface area (Å²) < 4.78 is 6.97. The van der Waals surface area contributed by atoms with E-state index in [1.807, 2.05) is 4.68 Å². The van der Waals surface area contributed by atoms with E-state index >= 15 is 0 Å². The Morgan fingerprint density at radius 1 is 1.39 bits per heavy atom. The zero-order valence-electron chi connectivity index (χ0n) is 14.3. The highest BCUT2D eigenvalue weighted by Crippen LogP contribution is 2.30. The Balaban J connectivity index is 2.11. The number of ether oxygens (including phenoxy) is 1. The second kappa shape index (κ2) is 8.35. The number of nitrogens with zero attached hydrogens (tertiary/aromatic N) is 5. The lowest BCUT2D eigenvalue weighted by molar-refractivity contribution is -0.123. The molecule has 1 aromatic heterocycles. The van der Waals surface area contributed by atoms with Crippen molar-refractivity contribution in [1.82, 2.24) is 25.1 Å². The number of piperidine rings is 1. The first-order valence-electron chi connectivity index (χ1n) is 8.31. The Labute approximate surface area is 137 Å². The zero-order chi connectivity index (χ0) is 16.8. The van der Waals surface area contributed by atoms with E-state index in [4.69, 9.17) is 10.5 Å². The average molecular weight is 324 g/mol. The summed E-state index contributed by atoms with van der Waals surface area (Å²) >= 11 is 0. The lowest BCUT2D eigenvalue weighted by Gasteiger charge is -2.36. The fourth-order valence-corrected chi connectivity index (χ4v) is 3.15. The molecule has 130 valence electrons. The molecule has 23 heavy (non-hydrogen) atoms. The molecule has 2 rings (SSSR count). The molecule has 0 saturated carbocycles. The summed E-state index contributed by atoms with van der Waals surface area (Å²) in [6.45, 7) is 7.32. The van der Waals surface area contributed by atoms with Gasteiger partial charge in [0.15, 0.2) is 5.82 Å². The number of methoxy groups -OCH3 is 1. The monoisotopic (exact) mass is 324 g/mol. The van der Waals surface area contributed by atoms with E-state index in [-0.39, 0.29) is 17.9 Å². The van der Waals surface area contributed by atoms with E-state index in [9.17, 15) is 4.79 Å². The van der Waals surface area contributed by atoms with Crippen molar-refractivity contribution < 1.29 is 9.53 Å². The van der Waals surface area contributed by atoms with Crippen LogP contribution >= 0.6 is 0 Å². The molecular formula is C15H28N6O2. The van der Waals surface area contributed by atoms with Crippen LogP contribution in [0.4, 0.5) is 0 Å². The van der Waals surface area contributed by atoms with Gasteiger partial charge in [-0.15, -0.1) is 5.10 Å². The van der Waals surface area contributed by atoms with Gasteiger partial charge in [0.05, 0.1) is 19.2 Å². The molecule has 8 heteroatoms. The van der Waals surface area contributed by atoms with E-state index in [1.165, 1.54) is 0 Å². The molecule has 1 atom stereocenters. The quantitative estimate of drug-likeness (QED) is 0.752. The first kappa shape index (κ1) is 17.8. The average Bonchev–Trinajstić information content (AvgIpc) is 2.98. The first-order valence-corrected chi connectivity index (χ1v) is 8.31. The number of likely N-dealkylation sites (tertiary alicyclic amines) is 1. The van der Waals surface area contributed by atoms with Crippen molar-refractivity contribution >= 4 is 5.91 Å². The van der Waals surface area contributed by atoms with Crippen LogP contribution in [0.15, 0.2) is 0 Å². The highest BCUT2D eigenvalue weighted by molar-refractivity contribution is 5.76. The summed E-state index contributed by atoms with van der Waals surface area (Å²) in [5, 5.41) is 12.2. The fourth-order valence-electron chi connectivity index (χ4n) is 3.15. The maximum Gasteiger partial charge on any atom is 0.220 e. The van der Waals surface area contributed by atoms with Crippen LogP contribution in [0.25, 0.3) is 0 Å². The maximum atomic E-state index is 11.4. The third-order valence-electron chi connectivity index (χ3n) is 4.43. The molecule has 1 fully saturated rings. The molecule has 0 bridgehead atoms. The summed E-state index contributed by atoms with van der Waals surface area (Å²) in [6.07, 6.45) is 2.60. The van der Waals surface area contributed by atoms with Crippen molar-refractivity contribution in [3.8, 4) is 0 Å². The van der Waals surface area contributed by atoms with Gasteiger partial charge in [0.1, 0.15) is 0 Å². The Morgan fingerprint density at radius 3 is 2.65 bits per heavy atom. The minimum absolute atomic E-state index is 0.00423. The largest absolute Gasteiger partial charge is 0.383 e. The first-order chi connectivity index (χ1) is 11.0. The van der Waals surface area contributed by atoms with Gasteiger partial charge in [-0.2, -0.15) is 0 Å². The number of hydrogen-bond donors (Lipinski definition) is 1. The second-order valence-electron chi connectivity index (χ2n) is 6.61. The predicted octanol–water partition coefficient (Wildman–Crippen LogP) is 0.604. The molecule has 2 heterocycles. The van der Waals surface area contributed by atoms with Crippen molar-refractivity contribution in [3.63, 3.8) is 0 Å². The number of rotatable bonds is 8. The van der Waals surface area contributed by atoms with Crippen molar-refractivity contribution in [2.24, 2.45) is 17.6 Å². The minimum atomic E-state index is -0.185. The third-order valence-corrected chi connectivity index (χ3v) is 4.43. The van der Waals surface area contributed by atoms with E-state index < -0.39 is 0 Å². The number of primary amides is 1. The van der Waals surface area contributed by atoms with Gasteiger partial charge in [-0.1, -0.05) is 13.8 Å². The molecule has 2 N–H and O–H groups in total. The number of carbonyl (C=O) groups excluding carboxylic acids is 1. The summed E-state index contributed by atoms with van der Waals surface area (Å²) in [6, 6.07) is 0.163. The number of hydrogen-bond acceptors (Lipinski definition) is 6. The van der Waals surface area contributed by atoms with Gasteiger partial charge in [0, 0.05) is 13.0 Å². The van der Waals surface area contributed by atoms with Gasteiger partial charge in [0.25, 0.3) is 0 Å². The lowest BCUT2D eigenvalue weighted by atomic mass is 9.93. The zero-order valence-corrected chi connectivity index (χ0v) is 14.3. The Hall–Kier alpha value is -1.54. The van der Waals surface area contributed by atoms with Crippen molar-refractivity contribution in [2.45, 2.75) is 45.7 Å². The van der Waals surface area contributed by atoms with Crippen LogP contribution in [0, 0.1) is 11.8 Å². The molecular weight excluding hydrogens is 296 g/mol. The van der Waals surface area contributed by atoms with Gasteiger partial charge in [-0.3, -0.25) is 9.69 Å². The number of amides is 1. The summed E-state index contributed by atoms with van der Waals surface area (Å²) in [4.78, 5) is 13.7. The van der Waals surface area contributed by atoms with Gasteiger partial charge in [-0.25, -0.2) is 4.68 Å². The SMILES string of the molecule is COCCn1nnnc1[C@H](CC(C)C)N1CCC(C(N)=O)CC1. The van der Waals surface area contributed by atoms with Crippen LogP contribution in [0.2, 0.25) is 0 Å². The molecule has 0 aromatic carbocycles. The number of tetrazole rings is 1. The molecule has 1 aliphatic heterocycles. The lowest BCUT2D eigenvalue weighted by Crippen LogP contribution is -2.41. The van der Waals surface area contributed by atoms with Crippen molar-refractivity contribution in [3.05, 3.63) is 5.82 Å². The van der Waals surface area contributed by atoms with Crippen LogP contribution in [0.5, 0.6) is 0 Å². The molecule has 0 spiro atoms. The maximum absolute atomic E-state index is 11.4. The van der Waals surface area contributed by atoms with Crippen LogP contribution in [0.1, 0.15) is 45.0 Å². The van der Waals surface area contributed by atoms with Crippen LogP contribution < -0.4 is 5.73 Å². The predicted molar refractivity (Wildman–Crippen MR) is 85.4 cm³/mol. The van der Waals surface area contributed by atoms with E-state index in [0.29, 0.717) is 19.1 Å². The molecule has 8 nitrogen and oxygen atoms in total. The highest BCUT2D eigenvalue weighted by Gasteiger charge is 2.31. The Morgan fingerprint density at radius 2 is 2.09 bits per heavy atom. The van der Waals surface area contributed by atoms with E-state index in [0.717, 1.165) is 38.2 Å². The van der Waals surface area contributed by atoms with E-state index in [1.54, 1.807) is 7.11 Å². The molecule has 1 saturated heterocycles. The van der Waals surface area contributed by atoms with Crippen LogP contribution in [-0.4, -0.2) is 57.8 Å². The minimum Gasteiger partial charge on any atom is -0.383 e. The third kappa shape index (κ3) is 4.71. The number of nitrogens with two attached hydrogens (primary N) is 1. The molecule has 0 aliphatic carbocycles. The summed E-state index contributed by atoms with van der Waals surface area (Å²) in [5.74, 6) is 1.22. The molecule has 1 aliphatic rings. The number of carbonyl (C=O) groups is 1. The summed E-state index contributed by atoms with van der Waals surface area (Å²) in [5.41, 5.74) is 5.44. The fraction of sp³-hybridized carbons (Fsp3) is 0.867. The van der Waals surface area contributed by atoms with E-state index in [2.05, 4.69) is 34.3 Å². The Kier molecular flexibility index (Phi) is 6.47. The van der Waals surface area contributed by atoms with Crippen molar-refractivity contribution in [2.75, 3.05) is 26.8 Å². The van der Waals surface area contributed by atoms with Gasteiger partial charge < -0.3 is 10.5 Å². The van der Waals surface area contributed by atoms with Gasteiger partial charge >= 0.3 is 0 Å². The van der Waals surface area contributed by atoms with Crippen molar-refractivity contribution in [1.29, 1.82) is 0 Å². The standard InChI is InChI=1S/C15H28N6O2/c1-11(2)10-13(15-17-18-19-21(15)8-9-23-3)20-6-4-12(5-7-20)14(16)22/h11-13H,4-10H2,1-3H3,(H2,16,22)/t13-/m0/s1. The summed E-state index contributed by atoms with van der Waals surface area (Å²) in [7, 11) is 1.67. The number of aromatic nitrogens is 4. The van der Waals surface area contributed by atoms with Crippen LogP contribution in [-0.2, 0) is 16.1 Å². The van der Waals surface area contributed by atoms with Gasteiger partial charge in [-0.05, 0) is 48.7 Å². The Bertz CT molecular complexity index is 496. The topological polar surface area (TPSA) is 99.2 Å². The van der Waals surface area contributed by atoms with Crippen LogP contribution in [0.3, 0.4) is 0 Å². The second-order valence-corrected chi connectivity index (χ2v) is 6.61. The molecule has 1 aromatic rings. The normalized spacial score (nSPS) is 18.4. The molecule has 1 amide bonds. The van der Waals surface area contributed by atoms with Gasteiger partial charge in [0.2, 0.25) is 5.91 Å². The highest BCUT2D eigenvalue weighted by atomic mass is 16.5. The molecule has 0 radical (unpaired) electrons. The molecule has 0 unspecified atom stereocenters. The smallest absolute Gasteiger partial charge is 0.220 e.